The van der Waals surface area contributed by atoms with Crippen LogP contribution in [0.4, 0.5) is 10.5 Å². The molecular formula is C27H28N2O7P+. The van der Waals surface area contributed by atoms with Crippen molar-refractivity contribution in [1.29, 1.82) is 0 Å². The van der Waals surface area contributed by atoms with E-state index < -0.39 is 25.9 Å². The molecule has 3 rings (SSSR count). The lowest BCUT2D eigenvalue weighted by atomic mass is 10.2. The van der Waals surface area contributed by atoms with Crippen molar-refractivity contribution in [3.8, 4) is 0 Å². The van der Waals surface area contributed by atoms with Crippen LogP contribution >= 0.6 is 8.03 Å². The van der Waals surface area contributed by atoms with Crippen LogP contribution < -0.4 is 10.6 Å². The third-order valence-corrected chi connectivity index (χ3v) is 6.42. The highest BCUT2D eigenvalue weighted by molar-refractivity contribution is 7.39. The maximum Gasteiger partial charge on any atom is 0.538 e. The fourth-order valence-electron chi connectivity index (χ4n) is 3.29. The molecule has 9 nitrogen and oxygen atoms in total. The number of anilines is 1. The maximum atomic E-state index is 13.1. The molecule has 0 aliphatic rings. The van der Waals surface area contributed by atoms with Crippen LogP contribution in [0.25, 0.3) is 0 Å². The largest absolute Gasteiger partial charge is 0.538 e. The first-order chi connectivity index (χ1) is 17.9. The van der Waals surface area contributed by atoms with E-state index in [-0.39, 0.29) is 38.4 Å². The van der Waals surface area contributed by atoms with Gasteiger partial charge in [0, 0.05) is 24.1 Å². The number of benzene rings is 3. The fraction of sp³-hybridized carbons (Fsp3) is 0.222. The van der Waals surface area contributed by atoms with Gasteiger partial charge in [0.25, 0.3) is 5.78 Å². The summed E-state index contributed by atoms with van der Waals surface area (Å²) < 4.78 is 24.0. The average Bonchev–Trinajstić information content (AvgIpc) is 2.91. The number of hydrogen-bond donors (Lipinski definition) is 3. The normalized spacial score (nSPS) is 11.7. The maximum absolute atomic E-state index is 13.1. The zero-order valence-electron chi connectivity index (χ0n) is 20.0. The molecule has 3 aromatic carbocycles. The van der Waals surface area contributed by atoms with Crippen LogP contribution in [0.5, 0.6) is 0 Å². The van der Waals surface area contributed by atoms with E-state index in [2.05, 4.69) is 10.6 Å². The van der Waals surface area contributed by atoms with Gasteiger partial charge in [0.15, 0.2) is 0 Å². The lowest BCUT2D eigenvalue weighted by Gasteiger charge is -2.12. The standard InChI is InChI=1S/C27H27N2O7P/c30-24(12-7-13-25(31)32)28-23-16-14-22(15-17-23)26(37(34)36-19-21-10-5-2-6-11-21)29-27(33)35-18-20-8-3-1-4-9-20/h1-6,8-11,14-17,26H,7,12-13,18-19H2,(H2-,28,29,30,31,32,33)/p+1. The molecule has 3 N–H and O–H groups in total. The second kappa shape index (κ2) is 14.5. The fourth-order valence-corrected chi connectivity index (χ4v) is 4.35. The van der Waals surface area contributed by atoms with E-state index in [9.17, 15) is 18.9 Å². The van der Waals surface area contributed by atoms with Gasteiger partial charge in [0.1, 0.15) is 13.2 Å². The van der Waals surface area contributed by atoms with E-state index in [0.717, 1.165) is 11.1 Å². The molecule has 0 aliphatic heterocycles. The number of carbonyl (C=O) groups is 3. The zero-order chi connectivity index (χ0) is 26.5. The van der Waals surface area contributed by atoms with Crippen molar-refractivity contribution in [3.05, 3.63) is 102 Å². The number of carboxylic acids is 1. The second-order valence-corrected chi connectivity index (χ2v) is 9.42. The monoisotopic (exact) mass is 523 g/mol. The van der Waals surface area contributed by atoms with Crippen LogP contribution in [0, 0.1) is 0 Å². The molecule has 0 aromatic heterocycles. The van der Waals surface area contributed by atoms with Crippen LogP contribution in [-0.4, -0.2) is 23.1 Å². The summed E-state index contributed by atoms with van der Waals surface area (Å²) in [5.41, 5.74) is 2.61. The first-order valence-corrected chi connectivity index (χ1v) is 12.9. The highest BCUT2D eigenvalue weighted by atomic mass is 31.1. The van der Waals surface area contributed by atoms with Gasteiger partial charge in [-0.1, -0.05) is 72.8 Å². The van der Waals surface area contributed by atoms with Gasteiger partial charge in [0.2, 0.25) is 5.91 Å². The highest BCUT2D eigenvalue weighted by Gasteiger charge is 2.37. The Morgan fingerprint density at radius 3 is 2.00 bits per heavy atom. The molecule has 0 saturated carbocycles. The number of rotatable bonds is 13. The van der Waals surface area contributed by atoms with E-state index in [4.69, 9.17) is 14.4 Å². The Morgan fingerprint density at radius 1 is 0.811 bits per heavy atom. The summed E-state index contributed by atoms with van der Waals surface area (Å²) in [5, 5.41) is 14.0. The van der Waals surface area contributed by atoms with Crippen molar-refractivity contribution in [2.24, 2.45) is 0 Å². The van der Waals surface area contributed by atoms with Gasteiger partial charge in [-0.15, -0.1) is 4.52 Å². The molecule has 0 spiro atoms. The van der Waals surface area contributed by atoms with E-state index in [1.54, 1.807) is 24.3 Å². The van der Waals surface area contributed by atoms with Crippen molar-refractivity contribution in [2.45, 2.75) is 38.3 Å². The number of nitrogens with one attached hydrogen (secondary N) is 2. The lowest BCUT2D eigenvalue weighted by molar-refractivity contribution is -0.137. The van der Waals surface area contributed by atoms with E-state index >= 15 is 0 Å². The van der Waals surface area contributed by atoms with Crippen molar-refractivity contribution in [3.63, 3.8) is 0 Å². The van der Waals surface area contributed by atoms with Crippen LogP contribution in [0.3, 0.4) is 0 Å². The molecule has 0 bridgehead atoms. The minimum atomic E-state index is -2.39. The number of ether oxygens (including phenoxy) is 1. The number of carbonyl (C=O) groups excluding carboxylic acids is 2. The molecule has 2 atom stereocenters. The van der Waals surface area contributed by atoms with Crippen molar-refractivity contribution < 1.29 is 33.3 Å². The Bertz CT molecular complexity index is 1190. The summed E-state index contributed by atoms with van der Waals surface area (Å²) in [6, 6.07) is 24.9. The number of alkyl carbamates (subject to hydrolysis) is 1. The number of carboxylic acid groups (broad SMARTS) is 1. The van der Waals surface area contributed by atoms with Crippen LogP contribution in [0.15, 0.2) is 84.9 Å². The molecule has 0 fully saturated rings. The summed E-state index contributed by atoms with van der Waals surface area (Å²) in [4.78, 5) is 35.2. The van der Waals surface area contributed by atoms with Crippen molar-refractivity contribution >= 4 is 31.7 Å². The molecule has 37 heavy (non-hydrogen) atoms. The predicted octanol–water partition coefficient (Wildman–Crippen LogP) is 5.76. The zero-order valence-corrected chi connectivity index (χ0v) is 20.9. The van der Waals surface area contributed by atoms with E-state index in [0.29, 0.717) is 11.3 Å². The van der Waals surface area contributed by atoms with Gasteiger partial charge in [0.05, 0.1) is 0 Å². The molecule has 3 aromatic rings. The molecule has 0 aliphatic carbocycles. The average molecular weight is 524 g/mol. The summed E-state index contributed by atoms with van der Waals surface area (Å²) in [6.45, 7) is 0.145. The van der Waals surface area contributed by atoms with Gasteiger partial charge >= 0.3 is 20.1 Å². The first kappa shape index (κ1) is 27.5. The van der Waals surface area contributed by atoms with Gasteiger partial charge in [-0.25, -0.2) is 4.79 Å². The summed E-state index contributed by atoms with van der Waals surface area (Å²) in [7, 11) is -2.39. The smallest absolute Gasteiger partial charge is 0.481 e. The number of amides is 2. The topological polar surface area (TPSA) is 131 Å². The van der Waals surface area contributed by atoms with Crippen LogP contribution in [0.1, 0.15) is 41.7 Å². The van der Waals surface area contributed by atoms with Crippen LogP contribution in [0.2, 0.25) is 0 Å². The Hall–Kier alpha value is -4.07. The SMILES string of the molecule is O=C(O)CCCC(=O)Nc1ccc(C(NC(=O)OCc2ccccc2)[P+](=O)OCc2ccccc2)cc1. The quantitative estimate of drug-likeness (QED) is 0.243. The van der Waals surface area contributed by atoms with Gasteiger partial charge in [-0.3, -0.25) is 14.9 Å². The Balaban J connectivity index is 1.65. The van der Waals surface area contributed by atoms with Gasteiger partial charge in [-0.2, -0.15) is 0 Å². The second-order valence-electron chi connectivity index (χ2n) is 8.07. The number of hydrogen-bond acceptors (Lipinski definition) is 6. The third-order valence-electron chi connectivity index (χ3n) is 5.18. The summed E-state index contributed by atoms with van der Waals surface area (Å²) in [6.07, 6.45) is -0.535. The van der Waals surface area contributed by atoms with Gasteiger partial charge in [-0.05, 0) is 34.2 Å². The summed E-state index contributed by atoms with van der Waals surface area (Å²) in [5.74, 6) is -2.27. The van der Waals surface area contributed by atoms with Gasteiger partial charge < -0.3 is 15.2 Å². The molecular weight excluding hydrogens is 495 g/mol. The van der Waals surface area contributed by atoms with E-state index in [1.807, 2.05) is 60.7 Å². The third kappa shape index (κ3) is 9.83. The minimum Gasteiger partial charge on any atom is -0.481 e. The Labute approximate surface area is 215 Å². The predicted molar refractivity (Wildman–Crippen MR) is 138 cm³/mol. The highest BCUT2D eigenvalue weighted by Crippen LogP contribution is 2.41. The Morgan fingerprint density at radius 2 is 1.41 bits per heavy atom. The summed E-state index contributed by atoms with van der Waals surface area (Å²) >= 11 is 0. The molecule has 0 radical (unpaired) electrons. The van der Waals surface area contributed by atoms with Crippen molar-refractivity contribution in [1.82, 2.24) is 5.32 Å². The molecule has 0 saturated heterocycles. The lowest BCUT2D eigenvalue weighted by Crippen LogP contribution is -2.27. The molecule has 10 heteroatoms. The van der Waals surface area contributed by atoms with E-state index in [1.165, 1.54) is 0 Å². The Kier molecular flexibility index (Phi) is 10.8. The number of aliphatic carboxylic acids is 1. The molecule has 192 valence electrons. The first-order valence-electron chi connectivity index (χ1n) is 11.6. The van der Waals surface area contributed by atoms with Crippen molar-refractivity contribution in [2.75, 3.05) is 5.32 Å². The molecule has 2 unspecified atom stereocenters. The molecule has 2 amide bonds. The van der Waals surface area contributed by atoms with Crippen LogP contribution in [-0.2, 0) is 36.6 Å². The molecule has 0 heterocycles. The minimum absolute atomic E-state index is 0.0495.